The number of hydrogen-bond acceptors (Lipinski definition) is 3. The Morgan fingerprint density at radius 2 is 2.12 bits per heavy atom. The van der Waals surface area contributed by atoms with Gasteiger partial charge in [0.05, 0.1) is 0 Å². The number of amides is 1. The molecule has 0 saturated heterocycles. The van der Waals surface area contributed by atoms with Gasteiger partial charge in [0.25, 0.3) is 0 Å². The lowest BCUT2D eigenvalue weighted by Gasteiger charge is -2.07. The molecule has 0 radical (unpaired) electrons. The van der Waals surface area contributed by atoms with Crippen LogP contribution in [-0.4, -0.2) is 17.1 Å². The Hall–Kier alpha value is -1.63. The van der Waals surface area contributed by atoms with E-state index in [1.165, 1.54) is 12.3 Å². The predicted molar refractivity (Wildman–Crippen MR) is 51.4 cm³/mol. The number of carbonyl (C=O) groups excluding carboxylic acids is 1. The number of rotatable bonds is 3. The number of aromatic nitrogens is 1. The summed E-state index contributed by atoms with van der Waals surface area (Å²) in [7, 11) is 0. The highest BCUT2D eigenvalue weighted by atomic mass is 19.4. The standard InChI is InChI=1S/C9H10F3N3O/c10-9(11,12)3-8(16)15-7-2-1-6(4-13)5-14-7/h1-2,5H,3-4,13H2,(H,14,15,16). The summed E-state index contributed by atoms with van der Waals surface area (Å²) < 4.78 is 35.5. The maximum atomic E-state index is 11.8. The van der Waals surface area contributed by atoms with Crippen LogP contribution in [0.25, 0.3) is 0 Å². The van der Waals surface area contributed by atoms with Crippen LogP contribution >= 0.6 is 0 Å². The van der Waals surface area contributed by atoms with Crippen molar-refractivity contribution in [2.45, 2.75) is 19.1 Å². The zero-order valence-corrected chi connectivity index (χ0v) is 8.21. The van der Waals surface area contributed by atoms with Gasteiger partial charge in [-0.25, -0.2) is 4.98 Å². The maximum absolute atomic E-state index is 11.8. The first-order valence-electron chi connectivity index (χ1n) is 4.42. The summed E-state index contributed by atoms with van der Waals surface area (Å²) in [5.74, 6) is -1.06. The number of alkyl halides is 3. The van der Waals surface area contributed by atoms with E-state index in [1.807, 2.05) is 5.32 Å². The molecule has 0 aliphatic carbocycles. The Morgan fingerprint density at radius 3 is 2.56 bits per heavy atom. The molecule has 1 amide bonds. The summed E-state index contributed by atoms with van der Waals surface area (Å²) in [6.07, 6.45) is -4.64. The number of pyridine rings is 1. The van der Waals surface area contributed by atoms with Gasteiger partial charge in [0, 0.05) is 12.7 Å². The van der Waals surface area contributed by atoms with Crippen LogP contribution in [0, 0.1) is 0 Å². The Bertz CT molecular complexity index is 361. The molecule has 0 unspecified atom stereocenters. The SMILES string of the molecule is NCc1ccc(NC(=O)CC(F)(F)F)nc1. The molecular weight excluding hydrogens is 223 g/mol. The first-order chi connectivity index (χ1) is 7.40. The molecule has 1 aromatic rings. The van der Waals surface area contributed by atoms with Gasteiger partial charge in [-0.2, -0.15) is 13.2 Å². The molecule has 0 bridgehead atoms. The van der Waals surface area contributed by atoms with E-state index < -0.39 is 18.5 Å². The fraction of sp³-hybridized carbons (Fsp3) is 0.333. The minimum absolute atomic E-state index is 0.0754. The van der Waals surface area contributed by atoms with Gasteiger partial charge in [0.1, 0.15) is 12.2 Å². The Kier molecular flexibility index (Phi) is 3.83. The quantitative estimate of drug-likeness (QED) is 0.829. The topological polar surface area (TPSA) is 68.0 Å². The van der Waals surface area contributed by atoms with Gasteiger partial charge in [-0.05, 0) is 11.6 Å². The smallest absolute Gasteiger partial charge is 0.326 e. The van der Waals surface area contributed by atoms with Crippen molar-refractivity contribution in [3.05, 3.63) is 23.9 Å². The third kappa shape index (κ3) is 4.26. The average molecular weight is 233 g/mol. The highest BCUT2D eigenvalue weighted by molar-refractivity contribution is 5.90. The molecule has 0 aliphatic heterocycles. The number of nitrogens with two attached hydrogens (primary N) is 1. The second kappa shape index (κ2) is 4.93. The number of anilines is 1. The van der Waals surface area contributed by atoms with Crippen molar-refractivity contribution in [3.63, 3.8) is 0 Å². The van der Waals surface area contributed by atoms with Crippen LogP contribution in [0.5, 0.6) is 0 Å². The van der Waals surface area contributed by atoms with E-state index in [0.29, 0.717) is 0 Å². The molecule has 0 fully saturated rings. The molecule has 0 aromatic carbocycles. The van der Waals surface area contributed by atoms with Crippen molar-refractivity contribution in [3.8, 4) is 0 Å². The lowest BCUT2D eigenvalue weighted by Crippen LogP contribution is -2.21. The zero-order valence-electron chi connectivity index (χ0n) is 8.21. The molecule has 0 spiro atoms. The first kappa shape index (κ1) is 12.4. The fourth-order valence-corrected chi connectivity index (χ4v) is 0.988. The van der Waals surface area contributed by atoms with Gasteiger partial charge < -0.3 is 11.1 Å². The van der Waals surface area contributed by atoms with E-state index in [1.54, 1.807) is 6.07 Å². The summed E-state index contributed by atoms with van der Waals surface area (Å²) in [4.78, 5) is 14.6. The maximum Gasteiger partial charge on any atom is 0.397 e. The largest absolute Gasteiger partial charge is 0.397 e. The number of hydrogen-bond donors (Lipinski definition) is 2. The monoisotopic (exact) mass is 233 g/mol. The van der Waals surface area contributed by atoms with Crippen LogP contribution in [-0.2, 0) is 11.3 Å². The molecule has 1 aromatic heterocycles. The molecule has 1 rings (SSSR count). The highest BCUT2D eigenvalue weighted by Crippen LogP contribution is 2.19. The molecule has 0 atom stereocenters. The number of nitrogens with zero attached hydrogens (tertiary/aromatic N) is 1. The van der Waals surface area contributed by atoms with Crippen molar-refractivity contribution >= 4 is 11.7 Å². The molecule has 0 saturated carbocycles. The van der Waals surface area contributed by atoms with Gasteiger partial charge >= 0.3 is 6.18 Å². The van der Waals surface area contributed by atoms with Crippen molar-refractivity contribution in [1.29, 1.82) is 0 Å². The number of halogens is 3. The van der Waals surface area contributed by atoms with E-state index in [4.69, 9.17) is 5.73 Å². The summed E-state index contributed by atoms with van der Waals surface area (Å²) >= 11 is 0. The van der Waals surface area contributed by atoms with Crippen molar-refractivity contribution in [2.75, 3.05) is 5.32 Å². The second-order valence-corrected chi connectivity index (χ2v) is 3.10. The summed E-state index contributed by atoms with van der Waals surface area (Å²) in [6, 6.07) is 2.98. The normalized spacial score (nSPS) is 11.2. The Morgan fingerprint density at radius 1 is 1.44 bits per heavy atom. The van der Waals surface area contributed by atoms with Crippen LogP contribution in [0.3, 0.4) is 0 Å². The van der Waals surface area contributed by atoms with E-state index in [2.05, 4.69) is 4.98 Å². The molecule has 88 valence electrons. The van der Waals surface area contributed by atoms with Crippen molar-refractivity contribution in [2.24, 2.45) is 5.73 Å². The number of carbonyl (C=O) groups is 1. The highest BCUT2D eigenvalue weighted by Gasteiger charge is 2.31. The Labute approximate surface area is 89.7 Å². The lowest BCUT2D eigenvalue weighted by atomic mass is 10.3. The van der Waals surface area contributed by atoms with Crippen molar-refractivity contribution < 1.29 is 18.0 Å². The van der Waals surface area contributed by atoms with Crippen LogP contribution in [0.2, 0.25) is 0 Å². The molecular formula is C9H10F3N3O. The van der Waals surface area contributed by atoms with Gasteiger partial charge in [0.15, 0.2) is 0 Å². The van der Waals surface area contributed by atoms with Crippen LogP contribution in [0.15, 0.2) is 18.3 Å². The van der Waals surface area contributed by atoms with Gasteiger partial charge in [0.2, 0.25) is 5.91 Å². The summed E-state index contributed by atoms with van der Waals surface area (Å²) in [6.45, 7) is 0.282. The van der Waals surface area contributed by atoms with Gasteiger partial charge in [-0.3, -0.25) is 4.79 Å². The fourth-order valence-electron chi connectivity index (χ4n) is 0.988. The van der Waals surface area contributed by atoms with Gasteiger partial charge in [-0.1, -0.05) is 6.07 Å². The third-order valence-electron chi connectivity index (χ3n) is 1.69. The zero-order chi connectivity index (χ0) is 12.2. The van der Waals surface area contributed by atoms with E-state index in [0.717, 1.165) is 5.56 Å². The minimum atomic E-state index is -4.51. The molecule has 4 nitrogen and oxygen atoms in total. The van der Waals surface area contributed by atoms with Crippen LogP contribution < -0.4 is 11.1 Å². The average Bonchev–Trinajstić information content (AvgIpc) is 2.16. The molecule has 16 heavy (non-hydrogen) atoms. The molecule has 3 N–H and O–H groups in total. The molecule has 7 heteroatoms. The number of nitrogens with one attached hydrogen (secondary N) is 1. The van der Waals surface area contributed by atoms with E-state index in [9.17, 15) is 18.0 Å². The minimum Gasteiger partial charge on any atom is -0.326 e. The van der Waals surface area contributed by atoms with Gasteiger partial charge in [-0.15, -0.1) is 0 Å². The van der Waals surface area contributed by atoms with E-state index >= 15 is 0 Å². The second-order valence-electron chi connectivity index (χ2n) is 3.10. The van der Waals surface area contributed by atoms with Crippen LogP contribution in [0.1, 0.15) is 12.0 Å². The van der Waals surface area contributed by atoms with Crippen molar-refractivity contribution in [1.82, 2.24) is 4.98 Å². The predicted octanol–water partition coefficient (Wildman–Crippen LogP) is 1.43. The van der Waals surface area contributed by atoms with Crippen LogP contribution in [0.4, 0.5) is 19.0 Å². The third-order valence-corrected chi connectivity index (χ3v) is 1.69. The van der Waals surface area contributed by atoms with E-state index in [-0.39, 0.29) is 12.4 Å². The summed E-state index contributed by atoms with van der Waals surface area (Å²) in [5.41, 5.74) is 6.04. The lowest BCUT2D eigenvalue weighted by molar-refractivity contribution is -0.150. The molecule has 1 heterocycles. The Balaban J connectivity index is 2.56. The first-order valence-corrected chi connectivity index (χ1v) is 4.42. The molecule has 0 aliphatic rings. The summed E-state index contributed by atoms with van der Waals surface area (Å²) in [5, 5.41) is 2.04.